The second kappa shape index (κ2) is 5.16. The molecule has 0 bridgehead atoms. The maximum absolute atomic E-state index is 9.78. The van der Waals surface area contributed by atoms with Crippen molar-refractivity contribution in [2.75, 3.05) is 6.54 Å². The molecule has 1 aliphatic heterocycles. The van der Waals surface area contributed by atoms with Crippen molar-refractivity contribution in [2.45, 2.75) is 45.6 Å². The Balaban J connectivity index is 1.88. The molecule has 1 fully saturated rings. The highest BCUT2D eigenvalue weighted by molar-refractivity contribution is 5.39. The highest BCUT2D eigenvalue weighted by Crippen LogP contribution is 2.42. The fourth-order valence-corrected chi connectivity index (χ4v) is 4.27. The summed E-state index contributed by atoms with van der Waals surface area (Å²) in [5.74, 6) is 2.79. The number of aromatic hydroxyl groups is 1. The number of phenolic OH excluding ortho intramolecular Hbond substituents is 1. The molecule has 1 saturated carbocycles. The van der Waals surface area contributed by atoms with E-state index in [0.717, 1.165) is 30.7 Å². The van der Waals surface area contributed by atoms with Gasteiger partial charge in [0.25, 0.3) is 0 Å². The fourth-order valence-electron chi connectivity index (χ4n) is 4.27. The molecule has 0 amide bonds. The van der Waals surface area contributed by atoms with Crippen molar-refractivity contribution in [1.29, 1.82) is 0 Å². The summed E-state index contributed by atoms with van der Waals surface area (Å²) >= 11 is 0. The average molecular weight is 259 g/mol. The molecule has 0 radical (unpaired) electrons. The second-order valence-corrected chi connectivity index (χ2v) is 6.74. The molecule has 0 spiro atoms. The summed E-state index contributed by atoms with van der Waals surface area (Å²) in [6.45, 7) is 5.84. The Bertz CT molecular complexity index is 447. The van der Waals surface area contributed by atoms with Crippen LogP contribution in [0.4, 0.5) is 0 Å². The summed E-state index contributed by atoms with van der Waals surface area (Å²) in [5, 5.41) is 13.5. The predicted octanol–water partition coefficient (Wildman–Crippen LogP) is 3.65. The fraction of sp³-hybridized carbons (Fsp3) is 0.647. The zero-order valence-electron chi connectivity index (χ0n) is 12.0. The maximum Gasteiger partial charge on any atom is 0.115 e. The molecule has 0 saturated heterocycles. The van der Waals surface area contributed by atoms with Gasteiger partial charge in [0, 0.05) is 6.04 Å². The average Bonchev–Trinajstić information content (AvgIpc) is 2.36. The molecule has 1 aliphatic carbocycles. The van der Waals surface area contributed by atoms with E-state index < -0.39 is 0 Å². The summed E-state index contributed by atoms with van der Waals surface area (Å²) in [5.41, 5.74) is 2.77. The largest absolute Gasteiger partial charge is 0.508 e. The van der Waals surface area contributed by atoms with Crippen LogP contribution in [0.2, 0.25) is 0 Å². The Morgan fingerprint density at radius 1 is 1.11 bits per heavy atom. The molecule has 19 heavy (non-hydrogen) atoms. The predicted molar refractivity (Wildman–Crippen MR) is 78.2 cm³/mol. The van der Waals surface area contributed by atoms with Crippen molar-refractivity contribution >= 4 is 0 Å². The highest BCUT2D eigenvalue weighted by atomic mass is 16.3. The number of phenols is 1. The van der Waals surface area contributed by atoms with Crippen LogP contribution in [0.25, 0.3) is 0 Å². The molecule has 3 unspecified atom stereocenters. The van der Waals surface area contributed by atoms with Crippen LogP contribution in [0.5, 0.6) is 5.75 Å². The summed E-state index contributed by atoms with van der Waals surface area (Å²) in [6, 6.07) is 6.36. The topological polar surface area (TPSA) is 32.3 Å². The van der Waals surface area contributed by atoms with Gasteiger partial charge in [-0.2, -0.15) is 0 Å². The van der Waals surface area contributed by atoms with Crippen LogP contribution in [-0.2, 0) is 6.42 Å². The Morgan fingerprint density at radius 2 is 1.84 bits per heavy atom. The molecular weight excluding hydrogens is 234 g/mol. The van der Waals surface area contributed by atoms with E-state index in [9.17, 15) is 5.11 Å². The van der Waals surface area contributed by atoms with Crippen LogP contribution < -0.4 is 5.32 Å². The maximum atomic E-state index is 9.78. The van der Waals surface area contributed by atoms with E-state index >= 15 is 0 Å². The van der Waals surface area contributed by atoms with Crippen LogP contribution in [0.1, 0.15) is 50.3 Å². The number of fused-ring (bicyclic) bond motifs is 1. The molecule has 2 nitrogen and oxygen atoms in total. The highest BCUT2D eigenvalue weighted by Gasteiger charge is 2.33. The Hall–Kier alpha value is -1.02. The van der Waals surface area contributed by atoms with Crippen LogP contribution in [0, 0.1) is 17.8 Å². The van der Waals surface area contributed by atoms with Crippen molar-refractivity contribution in [1.82, 2.24) is 5.32 Å². The third-order valence-corrected chi connectivity index (χ3v) is 4.91. The van der Waals surface area contributed by atoms with E-state index in [-0.39, 0.29) is 0 Å². The monoisotopic (exact) mass is 259 g/mol. The van der Waals surface area contributed by atoms with E-state index in [1.54, 1.807) is 0 Å². The standard InChI is InChI=1S/C17H25NO/c1-11-7-12(2)9-14(8-11)17-16-10-15(19)4-3-13(16)5-6-18-17/h3-4,10-12,14,17-19H,5-9H2,1-2H3. The van der Waals surface area contributed by atoms with Crippen LogP contribution in [0.15, 0.2) is 18.2 Å². The minimum absolute atomic E-state index is 0.407. The van der Waals surface area contributed by atoms with Gasteiger partial charge in [0.1, 0.15) is 5.75 Å². The van der Waals surface area contributed by atoms with Gasteiger partial charge in [-0.3, -0.25) is 0 Å². The SMILES string of the molecule is CC1CC(C)CC(C2NCCc3ccc(O)cc32)C1. The smallest absolute Gasteiger partial charge is 0.115 e. The minimum atomic E-state index is 0.407. The van der Waals surface area contributed by atoms with Gasteiger partial charge in [-0.05, 0) is 73.2 Å². The van der Waals surface area contributed by atoms with Gasteiger partial charge in [-0.15, -0.1) is 0 Å². The molecule has 3 rings (SSSR count). The van der Waals surface area contributed by atoms with Crippen molar-refractivity contribution in [3.8, 4) is 5.75 Å². The Kier molecular flexibility index (Phi) is 3.53. The van der Waals surface area contributed by atoms with Gasteiger partial charge in [-0.25, -0.2) is 0 Å². The van der Waals surface area contributed by atoms with Crippen LogP contribution in [0.3, 0.4) is 0 Å². The lowest BCUT2D eigenvalue weighted by Gasteiger charge is -2.39. The molecule has 1 aromatic rings. The molecule has 2 heteroatoms. The molecule has 2 aliphatic rings. The van der Waals surface area contributed by atoms with Gasteiger partial charge >= 0.3 is 0 Å². The summed E-state index contributed by atoms with van der Waals surface area (Å²) in [4.78, 5) is 0. The van der Waals surface area contributed by atoms with Gasteiger partial charge < -0.3 is 10.4 Å². The first-order valence-electron chi connectivity index (χ1n) is 7.68. The molecule has 3 atom stereocenters. The lowest BCUT2D eigenvalue weighted by atomic mass is 9.71. The van der Waals surface area contributed by atoms with E-state index in [1.807, 2.05) is 12.1 Å². The van der Waals surface area contributed by atoms with Crippen molar-refractivity contribution in [3.05, 3.63) is 29.3 Å². The van der Waals surface area contributed by atoms with Crippen molar-refractivity contribution in [3.63, 3.8) is 0 Å². The van der Waals surface area contributed by atoms with Gasteiger partial charge in [0.05, 0.1) is 0 Å². The third-order valence-electron chi connectivity index (χ3n) is 4.91. The Labute approximate surface area is 116 Å². The number of hydrogen-bond donors (Lipinski definition) is 2. The van der Waals surface area contributed by atoms with E-state index in [2.05, 4.69) is 25.2 Å². The summed E-state index contributed by atoms with van der Waals surface area (Å²) in [7, 11) is 0. The molecule has 1 aromatic carbocycles. The molecule has 1 heterocycles. The third kappa shape index (κ3) is 2.64. The van der Waals surface area contributed by atoms with E-state index in [0.29, 0.717) is 11.8 Å². The summed E-state index contributed by atoms with van der Waals surface area (Å²) < 4.78 is 0. The van der Waals surface area contributed by atoms with Crippen molar-refractivity contribution < 1.29 is 5.11 Å². The number of hydrogen-bond acceptors (Lipinski definition) is 2. The zero-order valence-corrected chi connectivity index (χ0v) is 12.0. The molecule has 104 valence electrons. The van der Waals surface area contributed by atoms with E-state index in [1.165, 1.54) is 30.4 Å². The quantitative estimate of drug-likeness (QED) is 0.807. The number of nitrogens with one attached hydrogen (secondary N) is 1. The number of rotatable bonds is 1. The minimum Gasteiger partial charge on any atom is -0.508 e. The second-order valence-electron chi connectivity index (χ2n) is 6.74. The van der Waals surface area contributed by atoms with Gasteiger partial charge in [-0.1, -0.05) is 19.9 Å². The number of benzene rings is 1. The van der Waals surface area contributed by atoms with E-state index in [4.69, 9.17) is 0 Å². The summed E-state index contributed by atoms with van der Waals surface area (Å²) in [6.07, 6.45) is 5.09. The van der Waals surface area contributed by atoms with Crippen LogP contribution >= 0.6 is 0 Å². The van der Waals surface area contributed by atoms with Crippen LogP contribution in [-0.4, -0.2) is 11.7 Å². The first-order valence-corrected chi connectivity index (χ1v) is 7.68. The Morgan fingerprint density at radius 3 is 2.58 bits per heavy atom. The van der Waals surface area contributed by atoms with Crippen molar-refractivity contribution in [2.24, 2.45) is 17.8 Å². The normalized spacial score (nSPS) is 34.8. The van der Waals surface area contributed by atoms with Gasteiger partial charge in [0.15, 0.2) is 0 Å². The van der Waals surface area contributed by atoms with Gasteiger partial charge in [0.2, 0.25) is 0 Å². The molecule has 0 aromatic heterocycles. The first kappa shape index (κ1) is 13.0. The lowest BCUT2D eigenvalue weighted by Crippen LogP contribution is -2.37. The molecular formula is C17H25NO. The zero-order chi connectivity index (χ0) is 13.4. The lowest BCUT2D eigenvalue weighted by molar-refractivity contribution is 0.173. The molecule has 2 N–H and O–H groups in total. The first-order chi connectivity index (χ1) is 9.13.